The summed E-state index contributed by atoms with van der Waals surface area (Å²) in [5.41, 5.74) is 5.20. The van der Waals surface area contributed by atoms with E-state index < -0.39 is 18.1 Å². The fraction of sp³-hybridized carbons (Fsp3) is 0.250. The summed E-state index contributed by atoms with van der Waals surface area (Å²) < 4.78 is 19.8. The first-order chi connectivity index (χ1) is 12.0. The van der Waals surface area contributed by atoms with Gasteiger partial charge in [0.2, 0.25) is 0 Å². The normalized spacial score (nSPS) is 20.0. The van der Waals surface area contributed by atoms with Crippen LogP contribution in [-0.4, -0.2) is 41.6 Å². The third kappa shape index (κ3) is 3.83. The summed E-state index contributed by atoms with van der Waals surface area (Å²) in [7, 11) is 0. The van der Waals surface area contributed by atoms with Crippen LogP contribution in [0.4, 0.5) is 10.2 Å². The summed E-state index contributed by atoms with van der Waals surface area (Å²) >= 11 is 3.26. The van der Waals surface area contributed by atoms with E-state index in [-0.39, 0.29) is 24.7 Å². The van der Waals surface area contributed by atoms with Gasteiger partial charge in [0.15, 0.2) is 5.54 Å². The van der Waals surface area contributed by atoms with E-state index in [4.69, 9.17) is 10.5 Å². The van der Waals surface area contributed by atoms with Crippen LogP contribution in [0.5, 0.6) is 0 Å². The molecule has 0 fully saturated rings. The minimum Gasteiger partial charge on any atom is -0.364 e. The highest BCUT2D eigenvalue weighted by atomic mass is 79.9. The van der Waals surface area contributed by atoms with Gasteiger partial charge in [0.05, 0.1) is 12.3 Å². The number of aromatic nitrogens is 2. The molecule has 0 aliphatic carbocycles. The summed E-state index contributed by atoms with van der Waals surface area (Å²) in [6.07, 6.45) is 1.53. The van der Waals surface area contributed by atoms with Gasteiger partial charge in [0.25, 0.3) is 11.7 Å². The minimum atomic E-state index is -1.17. The summed E-state index contributed by atoms with van der Waals surface area (Å²) in [4.78, 5) is 23.5. The van der Waals surface area contributed by atoms with Crippen molar-refractivity contribution < 1.29 is 18.9 Å². The van der Waals surface area contributed by atoms with Crippen molar-refractivity contribution in [1.29, 1.82) is 0 Å². The van der Waals surface area contributed by atoms with Crippen molar-refractivity contribution in [3.63, 3.8) is 0 Å². The number of amides is 1. The third-order valence-electron chi connectivity index (χ3n) is 3.68. The standard InChI is InChI=1S/C16H15BrFN5O2/c17-10-4-5-11(20-6-10)15(24)22-14-3-1-2-12(21-14)16(8-18)9-25-7-13(19)23-16/h1-6H,7-9H2,(H2,19,23)(H,21,22,24)/p+1. The van der Waals surface area contributed by atoms with Crippen molar-refractivity contribution >= 4 is 33.5 Å². The highest BCUT2D eigenvalue weighted by Gasteiger charge is 2.40. The van der Waals surface area contributed by atoms with Crippen molar-refractivity contribution in [2.24, 2.45) is 5.73 Å². The van der Waals surface area contributed by atoms with Crippen LogP contribution in [0.25, 0.3) is 0 Å². The van der Waals surface area contributed by atoms with Crippen LogP contribution < -0.4 is 16.0 Å². The Kier molecular flexibility index (Phi) is 5.05. The van der Waals surface area contributed by atoms with Crippen LogP contribution in [0.15, 0.2) is 41.0 Å². The zero-order valence-corrected chi connectivity index (χ0v) is 14.7. The molecule has 3 heterocycles. The predicted molar refractivity (Wildman–Crippen MR) is 92.8 cm³/mol. The number of anilines is 1. The lowest BCUT2D eigenvalue weighted by Crippen LogP contribution is -2.92. The lowest BCUT2D eigenvalue weighted by atomic mass is 9.97. The molecule has 0 aromatic carbocycles. The molecule has 130 valence electrons. The maximum absolute atomic E-state index is 13.7. The molecule has 0 radical (unpaired) electrons. The molecular formula is C16H16BrFN5O2+. The molecule has 25 heavy (non-hydrogen) atoms. The summed E-state index contributed by atoms with van der Waals surface area (Å²) in [6, 6.07) is 8.24. The lowest BCUT2D eigenvalue weighted by Gasteiger charge is -2.27. The van der Waals surface area contributed by atoms with E-state index in [1.165, 1.54) is 6.20 Å². The lowest BCUT2D eigenvalue weighted by molar-refractivity contribution is -0.582. The van der Waals surface area contributed by atoms with Gasteiger partial charge >= 0.3 is 0 Å². The van der Waals surface area contributed by atoms with Gasteiger partial charge in [0.1, 0.15) is 24.8 Å². The molecule has 0 spiro atoms. The number of rotatable bonds is 4. The number of alkyl halides is 1. The Morgan fingerprint density at radius 2 is 2.28 bits per heavy atom. The van der Waals surface area contributed by atoms with Gasteiger partial charge in [-0.3, -0.25) is 15.5 Å². The Balaban J connectivity index is 1.85. The molecule has 0 bridgehead atoms. The van der Waals surface area contributed by atoms with Gasteiger partial charge < -0.3 is 10.1 Å². The molecule has 7 nitrogen and oxygen atoms in total. The number of pyridine rings is 2. The summed E-state index contributed by atoms with van der Waals surface area (Å²) in [6.45, 7) is -0.456. The Bertz CT molecular complexity index is 814. The molecule has 4 N–H and O–H groups in total. The fourth-order valence-corrected chi connectivity index (χ4v) is 2.69. The predicted octanol–water partition coefficient (Wildman–Crippen LogP) is 0.124. The second-order valence-corrected chi connectivity index (χ2v) is 6.50. The second kappa shape index (κ2) is 7.24. The molecule has 1 atom stereocenters. The van der Waals surface area contributed by atoms with E-state index in [1.807, 2.05) is 0 Å². The Hall–Kier alpha value is -2.39. The molecule has 0 saturated heterocycles. The molecule has 1 aliphatic heterocycles. The van der Waals surface area contributed by atoms with E-state index in [9.17, 15) is 9.18 Å². The highest BCUT2D eigenvalue weighted by molar-refractivity contribution is 9.10. The minimum absolute atomic E-state index is 0.0862. The van der Waals surface area contributed by atoms with E-state index in [1.54, 1.807) is 30.3 Å². The molecule has 0 saturated carbocycles. The first-order valence-electron chi connectivity index (χ1n) is 7.46. The van der Waals surface area contributed by atoms with Crippen molar-refractivity contribution in [3.05, 3.63) is 52.4 Å². The number of halogens is 2. The topological polar surface area (TPSA) is 104 Å². The number of ether oxygens (including phenoxy) is 1. The van der Waals surface area contributed by atoms with Crippen molar-refractivity contribution in [3.8, 4) is 0 Å². The summed E-state index contributed by atoms with van der Waals surface area (Å²) in [5.74, 6) is 0.204. The van der Waals surface area contributed by atoms with Crippen molar-refractivity contribution in [2.45, 2.75) is 5.54 Å². The Morgan fingerprint density at radius 3 is 2.96 bits per heavy atom. The molecule has 2 aromatic heterocycles. The van der Waals surface area contributed by atoms with Crippen LogP contribution >= 0.6 is 15.9 Å². The largest absolute Gasteiger partial charge is 0.364 e. The monoisotopic (exact) mass is 408 g/mol. The summed E-state index contributed by atoms with van der Waals surface area (Å²) in [5, 5.41) is 2.65. The number of carbonyl (C=O) groups excluding carboxylic acids is 1. The average Bonchev–Trinajstić information content (AvgIpc) is 2.62. The fourth-order valence-electron chi connectivity index (χ4n) is 2.45. The van der Waals surface area contributed by atoms with Crippen molar-refractivity contribution in [2.75, 3.05) is 25.2 Å². The van der Waals surface area contributed by atoms with Crippen LogP contribution in [0.3, 0.4) is 0 Å². The van der Waals surface area contributed by atoms with Gasteiger partial charge in [-0.15, -0.1) is 0 Å². The second-order valence-electron chi connectivity index (χ2n) is 5.58. The van der Waals surface area contributed by atoms with Gasteiger partial charge in [-0.2, -0.15) is 0 Å². The number of hydrogen-bond donors (Lipinski definition) is 3. The molecule has 1 aliphatic rings. The number of nitrogens with zero attached hydrogens (tertiary/aromatic N) is 2. The molecular weight excluding hydrogens is 393 g/mol. The maximum Gasteiger partial charge on any atom is 0.275 e. The van der Waals surface area contributed by atoms with Crippen LogP contribution in [-0.2, 0) is 10.3 Å². The van der Waals surface area contributed by atoms with E-state index in [0.717, 1.165) is 4.47 Å². The zero-order valence-electron chi connectivity index (χ0n) is 13.1. The van der Waals surface area contributed by atoms with Crippen molar-refractivity contribution in [1.82, 2.24) is 9.97 Å². The highest BCUT2D eigenvalue weighted by Crippen LogP contribution is 2.19. The number of hydrogen-bond acceptors (Lipinski definition) is 5. The number of nitrogens with two attached hydrogens (primary N) is 1. The first kappa shape index (κ1) is 17.4. The number of nitrogens with one attached hydrogen (secondary N) is 2. The first-order valence-corrected chi connectivity index (χ1v) is 8.25. The zero-order chi connectivity index (χ0) is 17.9. The van der Waals surface area contributed by atoms with E-state index in [2.05, 4.69) is 36.2 Å². The third-order valence-corrected chi connectivity index (χ3v) is 4.14. The van der Waals surface area contributed by atoms with Gasteiger partial charge in [-0.25, -0.2) is 14.4 Å². The van der Waals surface area contributed by atoms with Crippen LogP contribution in [0.1, 0.15) is 16.2 Å². The van der Waals surface area contributed by atoms with E-state index in [0.29, 0.717) is 11.5 Å². The van der Waals surface area contributed by atoms with Gasteiger partial charge in [-0.1, -0.05) is 6.07 Å². The Morgan fingerprint density at radius 1 is 1.44 bits per heavy atom. The number of carbonyl (C=O) groups is 1. The smallest absolute Gasteiger partial charge is 0.275 e. The van der Waals surface area contributed by atoms with Gasteiger partial charge in [0, 0.05) is 10.7 Å². The van der Waals surface area contributed by atoms with Crippen LogP contribution in [0.2, 0.25) is 0 Å². The quantitative estimate of drug-likeness (QED) is 0.666. The maximum atomic E-state index is 13.7. The average molecular weight is 409 g/mol. The molecule has 9 heteroatoms. The molecule has 2 aromatic rings. The molecule has 1 unspecified atom stereocenters. The van der Waals surface area contributed by atoms with Crippen LogP contribution in [0, 0.1) is 0 Å². The molecule has 3 rings (SSSR count). The SMILES string of the molecule is NC1=[NH+]C(CF)(c2cccc(NC(=O)c3ccc(Br)cn3)n2)COC1. The Labute approximate surface area is 151 Å². The van der Waals surface area contributed by atoms with E-state index >= 15 is 0 Å². The molecule has 1 amide bonds. The van der Waals surface area contributed by atoms with Gasteiger partial charge in [-0.05, 0) is 40.2 Å². The number of amidine groups is 1.